The molecule has 106 valence electrons. The van der Waals surface area contributed by atoms with Gasteiger partial charge in [-0.1, -0.05) is 0 Å². The van der Waals surface area contributed by atoms with E-state index in [0.717, 1.165) is 27.2 Å². The molecule has 0 atom stereocenters. The van der Waals surface area contributed by atoms with E-state index in [1.165, 1.54) is 0 Å². The standard InChI is InChI=1S/C17H16N2OSe/c1-12-7-3-5-9-14(12)18-17-19(16(20)11-21-17)15-10-6-4-8-13(15)2/h3-10H,11H2,1-2H3/b18-17-. The Morgan fingerprint density at radius 1 is 1.00 bits per heavy atom. The number of carbonyl (C=O) groups is 1. The van der Waals surface area contributed by atoms with Gasteiger partial charge < -0.3 is 0 Å². The van der Waals surface area contributed by atoms with Crippen LogP contribution < -0.4 is 4.90 Å². The minimum atomic E-state index is 0.0989. The maximum absolute atomic E-state index is 12.3. The normalized spacial score (nSPS) is 16.8. The fraction of sp³-hybridized carbons (Fsp3) is 0.176. The first-order valence-corrected chi connectivity index (χ1v) is 8.89. The Bertz CT molecular complexity index is 724. The quantitative estimate of drug-likeness (QED) is 0.769. The predicted molar refractivity (Wildman–Crippen MR) is 87.5 cm³/mol. The number of carbonyl (C=O) groups excluding carboxylic acids is 1. The Balaban J connectivity index is 2.05. The molecule has 3 rings (SSSR count). The first-order valence-electron chi connectivity index (χ1n) is 6.82. The average molecular weight is 343 g/mol. The van der Waals surface area contributed by atoms with Crippen LogP contribution in [0, 0.1) is 13.8 Å². The topological polar surface area (TPSA) is 32.7 Å². The van der Waals surface area contributed by atoms with Crippen LogP contribution in [0.5, 0.6) is 0 Å². The summed E-state index contributed by atoms with van der Waals surface area (Å²) < 4.78 is 0.899. The average Bonchev–Trinajstić information content (AvgIpc) is 2.83. The number of amidine groups is 1. The van der Waals surface area contributed by atoms with Crippen molar-refractivity contribution in [1.29, 1.82) is 0 Å². The molecule has 1 amide bonds. The van der Waals surface area contributed by atoms with E-state index in [4.69, 9.17) is 4.99 Å². The van der Waals surface area contributed by atoms with Crippen molar-refractivity contribution in [2.75, 3.05) is 4.90 Å². The number of para-hydroxylation sites is 2. The van der Waals surface area contributed by atoms with Gasteiger partial charge in [-0.05, 0) is 0 Å². The Morgan fingerprint density at radius 2 is 1.67 bits per heavy atom. The third-order valence-electron chi connectivity index (χ3n) is 3.45. The zero-order chi connectivity index (χ0) is 14.8. The van der Waals surface area contributed by atoms with Crippen molar-refractivity contribution >= 4 is 37.0 Å². The van der Waals surface area contributed by atoms with Gasteiger partial charge in [0.25, 0.3) is 0 Å². The number of anilines is 1. The van der Waals surface area contributed by atoms with Crippen LogP contribution in [0.2, 0.25) is 5.32 Å². The summed E-state index contributed by atoms with van der Waals surface area (Å²) in [5, 5.41) is 0.589. The van der Waals surface area contributed by atoms with Crippen LogP contribution in [0.15, 0.2) is 53.5 Å². The second-order valence-electron chi connectivity index (χ2n) is 4.99. The number of hydrogen-bond donors (Lipinski definition) is 0. The van der Waals surface area contributed by atoms with Crippen LogP contribution >= 0.6 is 0 Å². The molecule has 1 heterocycles. The van der Waals surface area contributed by atoms with Crippen molar-refractivity contribution in [3.8, 4) is 0 Å². The molecule has 0 N–H and O–H groups in total. The van der Waals surface area contributed by atoms with Gasteiger partial charge in [0, 0.05) is 0 Å². The predicted octanol–water partition coefficient (Wildman–Crippen LogP) is 3.46. The molecular weight excluding hydrogens is 327 g/mol. The number of aryl methyl sites for hydroxylation is 2. The molecule has 2 aromatic rings. The summed E-state index contributed by atoms with van der Waals surface area (Å²) in [4.78, 5) is 18.8. The Hall–Kier alpha value is -1.90. The molecule has 0 unspecified atom stereocenters. The molecule has 0 spiro atoms. The first-order chi connectivity index (χ1) is 10.2. The third kappa shape index (κ3) is 2.78. The molecule has 1 aliphatic heterocycles. The monoisotopic (exact) mass is 344 g/mol. The number of hydrogen-bond acceptors (Lipinski definition) is 2. The molecule has 1 aliphatic rings. The SMILES string of the molecule is Cc1ccccc1/N=C1\[Se]CC(=O)N1c1ccccc1C. The summed E-state index contributed by atoms with van der Waals surface area (Å²) in [7, 11) is 0. The van der Waals surface area contributed by atoms with Crippen molar-refractivity contribution in [2.24, 2.45) is 4.99 Å². The van der Waals surface area contributed by atoms with Crippen LogP contribution in [0.1, 0.15) is 11.1 Å². The molecular formula is C17H16N2OSe. The van der Waals surface area contributed by atoms with E-state index in [9.17, 15) is 4.79 Å². The molecule has 4 heteroatoms. The van der Waals surface area contributed by atoms with Gasteiger partial charge in [-0.2, -0.15) is 0 Å². The number of aliphatic imine (C=N–C) groups is 1. The van der Waals surface area contributed by atoms with Crippen LogP contribution in [-0.4, -0.2) is 25.6 Å². The zero-order valence-corrected chi connectivity index (χ0v) is 13.7. The molecule has 0 aromatic heterocycles. The van der Waals surface area contributed by atoms with Gasteiger partial charge in [-0.25, -0.2) is 0 Å². The number of rotatable bonds is 2. The van der Waals surface area contributed by atoms with Gasteiger partial charge in [-0.15, -0.1) is 0 Å². The fourth-order valence-electron chi connectivity index (χ4n) is 2.29. The van der Waals surface area contributed by atoms with E-state index < -0.39 is 0 Å². The van der Waals surface area contributed by atoms with E-state index in [1.807, 2.05) is 62.4 Å². The molecule has 3 nitrogen and oxygen atoms in total. The summed E-state index contributed by atoms with van der Waals surface area (Å²) in [6.07, 6.45) is 0. The van der Waals surface area contributed by atoms with Crippen molar-refractivity contribution in [3.05, 3.63) is 59.7 Å². The van der Waals surface area contributed by atoms with Crippen molar-refractivity contribution in [1.82, 2.24) is 0 Å². The summed E-state index contributed by atoms with van der Waals surface area (Å²) in [6.45, 7) is 4.07. The van der Waals surface area contributed by atoms with Crippen LogP contribution in [0.25, 0.3) is 0 Å². The molecule has 0 aliphatic carbocycles. The zero-order valence-electron chi connectivity index (χ0n) is 12.0. The third-order valence-corrected chi connectivity index (χ3v) is 5.39. The molecule has 0 bridgehead atoms. The van der Waals surface area contributed by atoms with Crippen molar-refractivity contribution < 1.29 is 4.79 Å². The van der Waals surface area contributed by atoms with E-state index >= 15 is 0 Å². The molecule has 2 aromatic carbocycles. The van der Waals surface area contributed by atoms with Crippen LogP contribution in [0.3, 0.4) is 0 Å². The first kappa shape index (κ1) is 14.1. The Morgan fingerprint density at radius 3 is 2.38 bits per heavy atom. The van der Waals surface area contributed by atoms with Crippen molar-refractivity contribution in [3.63, 3.8) is 0 Å². The van der Waals surface area contributed by atoms with E-state index in [2.05, 4.69) is 0 Å². The Labute approximate surface area is 130 Å². The van der Waals surface area contributed by atoms with Gasteiger partial charge in [-0.3, -0.25) is 0 Å². The van der Waals surface area contributed by atoms with Gasteiger partial charge >= 0.3 is 130 Å². The number of nitrogens with zero attached hydrogens (tertiary/aromatic N) is 2. The van der Waals surface area contributed by atoms with Crippen LogP contribution in [0.4, 0.5) is 11.4 Å². The maximum atomic E-state index is 12.3. The van der Waals surface area contributed by atoms with E-state index in [1.54, 1.807) is 4.90 Å². The van der Waals surface area contributed by atoms with E-state index in [-0.39, 0.29) is 20.9 Å². The second-order valence-corrected chi connectivity index (χ2v) is 6.96. The summed E-state index contributed by atoms with van der Waals surface area (Å²) in [5.41, 5.74) is 4.13. The molecule has 21 heavy (non-hydrogen) atoms. The van der Waals surface area contributed by atoms with Gasteiger partial charge in [0.05, 0.1) is 0 Å². The molecule has 0 radical (unpaired) electrons. The summed E-state index contributed by atoms with van der Waals surface area (Å²) in [5.74, 6) is 0.150. The molecule has 0 saturated carbocycles. The molecule has 1 fully saturated rings. The summed E-state index contributed by atoms with van der Waals surface area (Å²) in [6, 6.07) is 16.0. The van der Waals surface area contributed by atoms with Gasteiger partial charge in [0.15, 0.2) is 0 Å². The minimum absolute atomic E-state index is 0.0989. The number of benzene rings is 2. The van der Waals surface area contributed by atoms with Gasteiger partial charge in [0.2, 0.25) is 0 Å². The number of amides is 1. The second kappa shape index (κ2) is 5.84. The van der Waals surface area contributed by atoms with E-state index in [0.29, 0.717) is 5.32 Å². The Kier molecular flexibility index (Phi) is 3.91. The molecule has 1 saturated heterocycles. The summed E-state index contributed by atoms with van der Waals surface area (Å²) >= 11 is 0.0989. The van der Waals surface area contributed by atoms with Crippen molar-refractivity contribution in [2.45, 2.75) is 19.2 Å². The van der Waals surface area contributed by atoms with Gasteiger partial charge in [0.1, 0.15) is 0 Å². The van der Waals surface area contributed by atoms with Crippen LogP contribution in [-0.2, 0) is 4.79 Å². The fourth-order valence-corrected chi connectivity index (χ4v) is 4.12.